The van der Waals surface area contributed by atoms with E-state index in [1.807, 2.05) is 13.1 Å². The molecule has 0 radical (unpaired) electrons. The van der Waals surface area contributed by atoms with Gasteiger partial charge in [0.05, 0.1) is 13.2 Å². The Balaban J connectivity index is 2.35. The monoisotopic (exact) mass is 307 g/mol. The van der Waals surface area contributed by atoms with Gasteiger partial charge in [-0.2, -0.15) is 0 Å². The number of hydrogen-bond donors (Lipinski definition) is 1. The molecule has 1 N–H and O–H groups in total. The highest BCUT2D eigenvalue weighted by Crippen LogP contribution is 2.35. The van der Waals surface area contributed by atoms with Crippen molar-refractivity contribution in [2.45, 2.75) is 32.2 Å². The molecule has 2 nitrogen and oxygen atoms in total. The molecule has 21 heavy (non-hydrogen) atoms. The van der Waals surface area contributed by atoms with Gasteiger partial charge in [-0.1, -0.05) is 26.8 Å². The van der Waals surface area contributed by atoms with Crippen LogP contribution in [0.25, 0.3) is 0 Å². The number of thiophene rings is 1. The lowest BCUT2D eigenvalue weighted by Crippen LogP contribution is -2.16. The summed E-state index contributed by atoms with van der Waals surface area (Å²) < 4.78 is 18.9. The van der Waals surface area contributed by atoms with Gasteiger partial charge in [0.1, 0.15) is 0 Å². The van der Waals surface area contributed by atoms with Gasteiger partial charge in [-0.3, -0.25) is 0 Å². The maximum atomic E-state index is 13.9. The van der Waals surface area contributed by atoms with Crippen LogP contribution in [-0.4, -0.2) is 14.2 Å². The first-order valence-corrected chi connectivity index (χ1v) is 7.79. The average Bonchev–Trinajstić information content (AvgIpc) is 2.89. The summed E-state index contributed by atoms with van der Waals surface area (Å²) in [7, 11) is 3.37. The van der Waals surface area contributed by atoms with Crippen LogP contribution in [0.5, 0.6) is 5.75 Å². The second kappa shape index (κ2) is 6.16. The molecule has 0 amide bonds. The maximum absolute atomic E-state index is 13.9. The molecule has 0 aliphatic rings. The van der Waals surface area contributed by atoms with Gasteiger partial charge in [0, 0.05) is 9.75 Å². The largest absolute Gasteiger partial charge is 0.494 e. The quantitative estimate of drug-likeness (QED) is 0.898. The standard InChI is InChI=1S/C17H22FNOS/c1-17(2,3)15-9-8-14(21-15)16(19-4)11-6-7-13(20-5)12(18)10-11/h6-10,16,19H,1-5H3. The fourth-order valence-electron chi connectivity index (χ4n) is 2.25. The fourth-order valence-corrected chi connectivity index (χ4v) is 3.45. The van der Waals surface area contributed by atoms with E-state index in [1.165, 1.54) is 22.9 Å². The van der Waals surface area contributed by atoms with Gasteiger partial charge in [0.15, 0.2) is 11.6 Å². The minimum absolute atomic E-state index is 0.00786. The van der Waals surface area contributed by atoms with Crippen molar-refractivity contribution in [3.05, 3.63) is 51.5 Å². The molecule has 114 valence electrons. The molecule has 0 aliphatic heterocycles. The maximum Gasteiger partial charge on any atom is 0.165 e. The molecule has 0 spiro atoms. The molecule has 1 unspecified atom stereocenters. The van der Waals surface area contributed by atoms with E-state index in [0.29, 0.717) is 0 Å². The van der Waals surface area contributed by atoms with Crippen LogP contribution in [0.4, 0.5) is 4.39 Å². The molecule has 0 saturated heterocycles. The van der Waals surface area contributed by atoms with E-state index in [1.54, 1.807) is 17.4 Å². The third kappa shape index (κ3) is 3.44. The zero-order valence-corrected chi connectivity index (χ0v) is 14.0. The van der Waals surface area contributed by atoms with E-state index >= 15 is 0 Å². The Bertz CT molecular complexity index is 615. The number of hydrogen-bond acceptors (Lipinski definition) is 3. The summed E-state index contributed by atoms with van der Waals surface area (Å²) in [6.07, 6.45) is 0. The summed E-state index contributed by atoms with van der Waals surface area (Å²) in [6.45, 7) is 6.60. The number of methoxy groups -OCH3 is 1. The second-order valence-corrected chi connectivity index (χ2v) is 7.18. The molecule has 0 bridgehead atoms. The van der Waals surface area contributed by atoms with Gasteiger partial charge >= 0.3 is 0 Å². The summed E-state index contributed by atoms with van der Waals surface area (Å²) in [5, 5.41) is 3.27. The summed E-state index contributed by atoms with van der Waals surface area (Å²) in [5.74, 6) is -0.0574. The molecular formula is C17H22FNOS. The van der Waals surface area contributed by atoms with Gasteiger partial charge in [-0.25, -0.2) is 4.39 Å². The Labute approximate surface area is 130 Å². The van der Waals surface area contributed by atoms with E-state index in [4.69, 9.17) is 4.74 Å². The van der Waals surface area contributed by atoms with Crippen LogP contribution in [0.1, 0.15) is 42.1 Å². The van der Waals surface area contributed by atoms with Crippen molar-refractivity contribution in [1.82, 2.24) is 5.32 Å². The topological polar surface area (TPSA) is 21.3 Å². The van der Waals surface area contributed by atoms with Crippen molar-refractivity contribution in [1.29, 1.82) is 0 Å². The molecule has 0 saturated carbocycles. The molecule has 0 aliphatic carbocycles. The van der Waals surface area contributed by atoms with Gasteiger partial charge in [0.25, 0.3) is 0 Å². The normalized spacial score (nSPS) is 13.2. The van der Waals surface area contributed by atoms with Crippen LogP contribution in [0, 0.1) is 5.82 Å². The van der Waals surface area contributed by atoms with Crippen LogP contribution in [0.3, 0.4) is 0 Å². The highest BCUT2D eigenvalue weighted by atomic mass is 32.1. The van der Waals surface area contributed by atoms with E-state index in [9.17, 15) is 4.39 Å². The Morgan fingerprint density at radius 2 is 1.90 bits per heavy atom. The summed E-state index contributed by atoms with van der Waals surface area (Å²) in [6, 6.07) is 9.38. The van der Waals surface area contributed by atoms with Crippen molar-refractivity contribution in [2.24, 2.45) is 0 Å². The van der Waals surface area contributed by atoms with Gasteiger partial charge in [-0.15, -0.1) is 11.3 Å². The van der Waals surface area contributed by atoms with Crippen LogP contribution in [-0.2, 0) is 5.41 Å². The predicted molar refractivity (Wildman–Crippen MR) is 86.9 cm³/mol. The van der Waals surface area contributed by atoms with E-state index in [0.717, 1.165) is 5.56 Å². The third-order valence-electron chi connectivity index (χ3n) is 3.45. The first-order chi connectivity index (χ1) is 9.86. The zero-order chi connectivity index (χ0) is 15.6. The Hall–Kier alpha value is -1.39. The van der Waals surface area contributed by atoms with Gasteiger partial charge < -0.3 is 10.1 Å². The van der Waals surface area contributed by atoms with Crippen LogP contribution in [0.2, 0.25) is 0 Å². The number of rotatable bonds is 4. The Morgan fingerprint density at radius 1 is 1.19 bits per heavy atom. The van der Waals surface area contributed by atoms with E-state index < -0.39 is 0 Å². The van der Waals surface area contributed by atoms with Crippen molar-refractivity contribution in [3.8, 4) is 5.75 Å². The lowest BCUT2D eigenvalue weighted by atomic mass is 9.95. The van der Waals surface area contributed by atoms with Crippen molar-refractivity contribution in [3.63, 3.8) is 0 Å². The Kier molecular flexibility index (Phi) is 4.69. The van der Waals surface area contributed by atoms with Crippen molar-refractivity contribution < 1.29 is 9.13 Å². The summed E-state index contributed by atoms with van der Waals surface area (Å²) >= 11 is 1.77. The smallest absolute Gasteiger partial charge is 0.165 e. The van der Waals surface area contributed by atoms with Crippen molar-refractivity contribution >= 4 is 11.3 Å². The van der Waals surface area contributed by atoms with Gasteiger partial charge in [0.2, 0.25) is 0 Å². The first-order valence-electron chi connectivity index (χ1n) is 6.97. The minimum atomic E-state index is -0.331. The lowest BCUT2D eigenvalue weighted by molar-refractivity contribution is 0.386. The number of benzene rings is 1. The molecule has 1 aromatic heterocycles. The predicted octanol–water partition coefficient (Wildman–Crippen LogP) is 4.50. The van der Waals surface area contributed by atoms with Gasteiger partial charge in [-0.05, 0) is 42.3 Å². The number of nitrogens with one attached hydrogen (secondary N) is 1. The summed E-state index contributed by atoms with van der Waals surface area (Å²) in [5.41, 5.74) is 1.03. The third-order valence-corrected chi connectivity index (χ3v) is 5.02. The Morgan fingerprint density at radius 3 is 2.38 bits per heavy atom. The highest BCUT2D eigenvalue weighted by molar-refractivity contribution is 7.12. The number of ether oxygens (including phenoxy) is 1. The zero-order valence-electron chi connectivity index (χ0n) is 13.2. The van der Waals surface area contributed by atoms with Crippen LogP contribution < -0.4 is 10.1 Å². The molecule has 1 atom stereocenters. The fraction of sp³-hybridized carbons (Fsp3) is 0.412. The summed E-state index contributed by atoms with van der Waals surface area (Å²) in [4.78, 5) is 2.51. The van der Waals surface area contributed by atoms with Crippen LogP contribution in [0.15, 0.2) is 30.3 Å². The SMILES string of the molecule is CNC(c1ccc(OC)c(F)c1)c1ccc(C(C)(C)C)s1. The molecule has 2 aromatic rings. The number of halogens is 1. The molecule has 2 rings (SSSR count). The molecule has 1 heterocycles. The van der Waals surface area contributed by atoms with E-state index in [-0.39, 0.29) is 23.0 Å². The lowest BCUT2D eigenvalue weighted by Gasteiger charge is -2.18. The first kappa shape index (κ1) is 16.0. The average molecular weight is 307 g/mol. The highest BCUT2D eigenvalue weighted by Gasteiger charge is 2.20. The second-order valence-electron chi connectivity index (χ2n) is 6.07. The molecular weight excluding hydrogens is 285 g/mol. The van der Waals surface area contributed by atoms with Crippen LogP contribution >= 0.6 is 11.3 Å². The molecule has 1 aromatic carbocycles. The van der Waals surface area contributed by atoms with Crippen molar-refractivity contribution in [2.75, 3.05) is 14.2 Å². The molecule has 0 fully saturated rings. The minimum Gasteiger partial charge on any atom is -0.494 e. The van der Waals surface area contributed by atoms with E-state index in [2.05, 4.69) is 38.2 Å². The molecule has 4 heteroatoms.